The molecular weight excluding hydrogens is 314 g/mol. The van der Waals surface area contributed by atoms with E-state index in [4.69, 9.17) is 4.74 Å². The number of amides is 1. The zero-order valence-electron chi connectivity index (χ0n) is 15.1. The zero-order valence-corrected chi connectivity index (χ0v) is 15.1. The van der Waals surface area contributed by atoms with Crippen LogP contribution in [0.25, 0.3) is 0 Å². The highest BCUT2D eigenvalue weighted by Gasteiger charge is 2.56. The topological polar surface area (TPSA) is 55.4 Å². The van der Waals surface area contributed by atoms with Gasteiger partial charge in [-0.15, -0.1) is 0 Å². The van der Waals surface area contributed by atoms with Gasteiger partial charge >= 0.3 is 5.97 Å². The average molecular weight is 341 g/mol. The van der Waals surface area contributed by atoms with Crippen LogP contribution in [0.1, 0.15) is 54.4 Å². The molecule has 4 bridgehead atoms. The van der Waals surface area contributed by atoms with Crippen molar-refractivity contribution >= 4 is 11.9 Å². The van der Waals surface area contributed by atoms with Gasteiger partial charge in [-0.2, -0.15) is 0 Å². The maximum Gasteiger partial charge on any atom is 0.328 e. The number of aryl methyl sites for hydroxylation is 1. The van der Waals surface area contributed by atoms with Crippen LogP contribution in [0.4, 0.5) is 0 Å². The van der Waals surface area contributed by atoms with Crippen molar-refractivity contribution in [2.45, 2.75) is 51.5 Å². The molecule has 1 unspecified atom stereocenters. The van der Waals surface area contributed by atoms with Crippen molar-refractivity contribution in [2.75, 3.05) is 7.11 Å². The highest BCUT2D eigenvalue weighted by molar-refractivity contribution is 5.97. The predicted molar refractivity (Wildman–Crippen MR) is 95.1 cm³/mol. The molecule has 4 aliphatic rings. The van der Waals surface area contributed by atoms with Crippen LogP contribution in [0.15, 0.2) is 24.3 Å². The predicted octanol–water partition coefficient (Wildman–Crippen LogP) is 3.48. The van der Waals surface area contributed by atoms with E-state index >= 15 is 0 Å². The average Bonchev–Trinajstić information content (AvgIpc) is 2.58. The third-order valence-corrected chi connectivity index (χ3v) is 6.72. The van der Waals surface area contributed by atoms with Gasteiger partial charge in [0.05, 0.1) is 7.11 Å². The van der Waals surface area contributed by atoms with Gasteiger partial charge in [0.1, 0.15) is 6.04 Å². The molecule has 4 fully saturated rings. The summed E-state index contributed by atoms with van der Waals surface area (Å²) in [6.45, 7) is 1.99. The lowest BCUT2D eigenvalue weighted by Gasteiger charge is -2.58. The second kappa shape index (κ2) is 6.15. The fourth-order valence-corrected chi connectivity index (χ4v) is 6.03. The van der Waals surface area contributed by atoms with Gasteiger partial charge in [0.2, 0.25) is 0 Å². The Hall–Kier alpha value is -1.84. The van der Waals surface area contributed by atoms with Crippen molar-refractivity contribution in [3.63, 3.8) is 0 Å². The van der Waals surface area contributed by atoms with E-state index in [9.17, 15) is 9.59 Å². The number of nitrogens with one attached hydrogen (secondary N) is 1. The molecule has 1 amide bonds. The third kappa shape index (κ3) is 2.96. The maximum absolute atomic E-state index is 12.8. The van der Waals surface area contributed by atoms with E-state index in [1.807, 2.05) is 31.2 Å². The van der Waals surface area contributed by atoms with Gasteiger partial charge in [-0.05, 0) is 75.3 Å². The van der Waals surface area contributed by atoms with Gasteiger partial charge in [0.25, 0.3) is 5.91 Å². The summed E-state index contributed by atoms with van der Waals surface area (Å²) >= 11 is 0. The van der Waals surface area contributed by atoms with Crippen LogP contribution in [0.3, 0.4) is 0 Å². The molecule has 1 aromatic rings. The molecule has 4 nitrogen and oxygen atoms in total. The van der Waals surface area contributed by atoms with E-state index in [-0.39, 0.29) is 17.3 Å². The Morgan fingerprint density at radius 3 is 2.04 bits per heavy atom. The summed E-state index contributed by atoms with van der Waals surface area (Å²) in [7, 11) is 1.42. The van der Waals surface area contributed by atoms with Gasteiger partial charge in [-0.3, -0.25) is 4.79 Å². The second-order valence-electron chi connectivity index (χ2n) is 8.58. The highest BCUT2D eigenvalue weighted by atomic mass is 16.5. The van der Waals surface area contributed by atoms with Crippen molar-refractivity contribution in [1.29, 1.82) is 0 Å². The summed E-state index contributed by atoms with van der Waals surface area (Å²) in [6, 6.07) is 6.96. The molecule has 0 saturated heterocycles. The molecule has 0 heterocycles. The Kier molecular flexibility index (Phi) is 4.09. The molecule has 134 valence electrons. The standard InChI is InChI=1S/C21H27NO3/c1-13-3-5-17(6-4-13)19(23)22-18(20(24)25-2)21-10-14-7-15(11-21)9-16(8-14)12-21/h3-6,14-16,18H,7-12H2,1-2H3,(H,22,23). The number of hydrogen-bond donors (Lipinski definition) is 1. The quantitative estimate of drug-likeness (QED) is 0.853. The summed E-state index contributed by atoms with van der Waals surface area (Å²) in [5.74, 6) is 1.69. The van der Waals surface area contributed by atoms with Crippen molar-refractivity contribution in [1.82, 2.24) is 5.32 Å². The number of hydrogen-bond acceptors (Lipinski definition) is 3. The molecule has 4 heteroatoms. The fraction of sp³-hybridized carbons (Fsp3) is 0.619. The summed E-state index contributed by atoms with van der Waals surface area (Å²) in [5, 5.41) is 3.05. The summed E-state index contributed by atoms with van der Waals surface area (Å²) in [5.41, 5.74) is 1.61. The maximum atomic E-state index is 12.8. The third-order valence-electron chi connectivity index (χ3n) is 6.72. The van der Waals surface area contributed by atoms with E-state index in [0.717, 1.165) is 42.6 Å². The molecule has 0 aliphatic heterocycles. The molecule has 1 N–H and O–H groups in total. The molecule has 4 aliphatic carbocycles. The van der Waals surface area contributed by atoms with Crippen LogP contribution in [0.2, 0.25) is 0 Å². The van der Waals surface area contributed by atoms with Crippen LogP contribution in [0, 0.1) is 30.1 Å². The van der Waals surface area contributed by atoms with Crippen LogP contribution >= 0.6 is 0 Å². The van der Waals surface area contributed by atoms with E-state index < -0.39 is 6.04 Å². The minimum atomic E-state index is -0.528. The van der Waals surface area contributed by atoms with Crippen LogP contribution in [-0.2, 0) is 9.53 Å². The Morgan fingerprint density at radius 2 is 1.56 bits per heavy atom. The first-order valence-electron chi connectivity index (χ1n) is 9.44. The van der Waals surface area contributed by atoms with Gasteiger partial charge < -0.3 is 10.1 Å². The molecule has 0 spiro atoms. The lowest BCUT2D eigenvalue weighted by molar-refractivity contribution is -0.154. The van der Waals surface area contributed by atoms with E-state index in [2.05, 4.69) is 5.32 Å². The first kappa shape index (κ1) is 16.6. The first-order chi connectivity index (χ1) is 12.0. The van der Waals surface area contributed by atoms with Crippen LogP contribution < -0.4 is 5.32 Å². The van der Waals surface area contributed by atoms with Crippen molar-refractivity contribution in [3.8, 4) is 0 Å². The second-order valence-corrected chi connectivity index (χ2v) is 8.58. The fourth-order valence-electron chi connectivity index (χ4n) is 6.03. The minimum absolute atomic E-state index is 0.109. The highest BCUT2D eigenvalue weighted by Crippen LogP contribution is 2.61. The molecule has 0 radical (unpaired) electrons. The van der Waals surface area contributed by atoms with Gasteiger partial charge in [-0.1, -0.05) is 17.7 Å². The Morgan fingerprint density at radius 1 is 1.04 bits per heavy atom. The minimum Gasteiger partial charge on any atom is -0.467 e. The summed E-state index contributed by atoms with van der Waals surface area (Å²) in [6.07, 6.45) is 7.06. The number of rotatable bonds is 4. The number of methoxy groups -OCH3 is 1. The number of carbonyl (C=O) groups excluding carboxylic acids is 2. The van der Waals surface area contributed by atoms with Crippen LogP contribution in [0.5, 0.6) is 0 Å². The molecule has 1 atom stereocenters. The van der Waals surface area contributed by atoms with Crippen LogP contribution in [-0.4, -0.2) is 25.0 Å². The number of benzene rings is 1. The smallest absolute Gasteiger partial charge is 0.328 e. The zero-order chi connectivity index (χ0) is 17.6. The number of ether oxygens (including phenoxy) is 1. The lowest BCUT2D eigenvalue weighted by atomic mass is 9.47. The molecular formula is C21H27NO3. The van der Waals surface area contributed by atoms with Gasteiger partial charge in [0, 0.05) is 11.0 Å². The number of esters is 1. The molecule has 1 aromatic carbocycles. The van der Waals surface area contributed by atoms with E-state index in [1.165, 1.54) is 26.4 Å². The van der Waals surface area contributed by atoms with E-state index in [1.54, 1.807) is 0 Å². The summed E-state index contributed by atoms with van der Waals surface area (Å²) in [4.78, 5) is 25.4. The largest absolute Gasteiger partial charge is 0.467 e. The molecule has 25 heavy (non-hydrogen) atoms. The molecule has 5 rings (SSSR count). The Labute approximate surface area is 149 Å². The summed E-state index contributed by atoms with van der Waals surface area (Å²) < 4.78 is 5.10. The van der Waals surface area contributed by atoms with Crippen molar-refractivity contribution in [2.24, 2.45) is 23.2 Å². The normalized spacial score (nSPS) is 33.8. The lowest BCUT2D eigenvalue weighted by Crippen LogP contribution is -2.60. The Bertz CT molecular complexity index is 644. The monoisotopic (exact) mass is 341 g/mol. The molecule has 0 aromatic heterocycles. The number of carbonyl (C=O) groups is 2. The van der Waals surface area contributed by atoms with E-state index in [0.29, 0.717) is 5.56 Å². The Balaban J connectivity index is 1.59. The SMILES string of the molecule is COC(=O)C(NC(=O)c1ccc(C)cc1)C12CC3CC(CC(C3)C1)C2. The van der Waals surface area contributed by atoms with Gasteiger partial charge in [0.15, 0.2) is 0 Å². The van der Waals surface area contributed by atoms with Crippen molar-refractivity contribution in [3.05, 3.63) is 35.4 Å². The molecule has 4 saturated carbocycles. The van der Waals surface area contributed by atoms with Crippen molar-refractivity contribution < 1.29 is 14.3 Å². The van der Waals surface area contributed by atoms with Gasteiger partial charge in [-0.25, -0.2) is 4.79 Å². The first-order valence-corrected chi connectivity index (χ1v) is 9.44.